The van der Waals surface area contributed by atoms with Crippen molar-refractivity contribution in [2.45, 2.75) is 24.6 Å². The quantitative estimate of drug-likeness (QED) is 0.820. The number of carbonyl (C=O) groups excluding carboxylic acids is 1. The summed E-state index contributed by atoms with van der Waals surface area (Å²) in [5, 5.41) is 7.63. The fourth-order valence-electron chi connectivity index (χ4n) is 3.48. The standard InChI is InChI=1S/C16H15F3N4O2S/c17-16(18,19)12-21-22-13(26-12)20-14(24)23-7-8-25-15(9-23)6-5-10-3-1-2-4-11(10)15/h1-4H,5-9H2,(H,20,22,24). The van der Waals surface area contributed by atoms with Gasteiger partial charge in [0.2, 0.25) is 10.1 Å². The van der Waals surface area contributed by atoms with Crippen LogP contribution in [0.15, 0.2) is 24.3 Å². The first-order chi connectivity index (χ1) is 12.4. The molecule has 0 bridgehead atoms. The molecule has 6 nitrogen and oxygen atoms in total. The minimum absolute atomic E-state index is 0.172. The van der Waals surface area contributed by atoms with E-state index in [0.29, 0.717) is 31.0 Å². The second kappa shape index (κ2) is 6.20. The van der Waals surface area contributed by atoms with Crippen LogP contribution in [0.25, 0.3) is 0 Å². The van der Waals surface area contributed by atoms with Crippen molar-refractivity contribution in [3.05, 3.63) is 40.4 Å². The number of urea groups is 1. The van der Waals surface area contributed by atoms with Crippen LogP contribution in [-0.4, -0.2) is 40.8 Å². The Morgan fingerprint density at radius 1 is 1.31 bits per heavy atom. The summed E-state index contributed by atoms with van der Waals surface area (Å²) in [5.41, 5.74) is 1.73. The number of fused-ring (bicyclic) bond motifs is 2. The van der Waals surface area contributed by atoms with Gasteiger partial charge in [0.25, 0.3) is 0 Å². The van der Waals surface area contributed by atoms with Gasteiger partial charge in [0.1, 0.15) is 5.60 Å². The van der Waals surface area contributed by atoms with Gasteiger partial charge in [-0.25, -0.2) is 4.79 Å². The average Bonchev–Trinajstić information content (AvgIpc) is 3.21. The van der Waals surface area contributed by atoms with Gasteiger partial charge < -0.3 is 9.64 Å². The third-order valence-corrected chi connectivity index (χ3v) is 5.54. The van der Waals surface area contributed by atoms with E-state index in [1.54, 1.807) is 4.90 Å². The molecule has 1 aromatic heterocycles. The number of alkyl halides is 3. The fourth-order valence-corrected chi connectivity index (χ4v) is 4.09. The third kappa shape index (κ3) is 3.03. The number of amides is 2. The molecule has 138 valence electrons. The number of benzene rings is 1. The van der Waals surface area contributed by atoms with Crippen molar-refractivity contribution >= 4 is 22.5 Å². The van der Waals surface area contributed by atoms with Crippen molar-refractivity contribution in [1.29, 1.82) is 0 Å². The predicted octanol–water partition coefficient (Wildman–Crippen LogP) is 3.26. The Kier molecular flexibility index (Phi) is 4.11. The fraction of sp³-hybridized carbons (Fsp3) is 0.438. The number of hydrogen-bond donors (Lipinski definition) is 1. The van der Waals surface area contributed by atoms with Crippen molar-refractivity contribution in [1.82, 2.24) is 15.1 Å². The van der Waals surface area contributed by atoms with E-state index < -0.39 is 22.8 Å². The summed E-state index contributed by atoms with van der Waals surface area (Å²) in [6.45, 7) is 1.08. The summed E-state index contributed by atoms with van der Waals surface area (Å²) < 4.78 is 43.8. The van der Waals surface area contributed by atoms with Crippen LogP contribution in [-0.2, 0) is 22.9 Å². The summed E-state index contributed by atoms with van der Waals surface area (Å²) >= 11 is 0.307. The van der Waals surface area contributed by atoms with Gasteiger partial charge in [-0.15, -0.1) is 10.2 Å². The van der Waals surface area contributed by atoms with E-state index in [9.17, 15) is 18.0 Å². The molecule has 0 saturated carbocycles. The first-order valence-electron chi connectivity index (χ1n) is 8.06. The third-order valence-electron chi connectivity index (χ3n) is 4.66. The maximum absolute atomic E-state index is 12.6. The van der Waals surface area contributed by atoms with E-state index in [0.717, 1.165) is 18.4 Å². The second-order valence-electron chi connectivity index (χ2n) is 6.26. The number of morpholine rings is 1. The number of nitrogens with zero attached hydrogens (tertiary/aromatic N) is 3. The van der Waals surface area contributed by atoms with E-state index in [1.807, 2.05) is 24.3 Å². The van der Waals surface area contributed by atoms with Crippen molar-refractivity contribution in [3.63, 3.8) is 0 Å². The summed E-state index contributed by atoms with van der Waals surface area (Å²) in [5.74, 6) is 0. The number of aromatic nitrogens is 2. The molecule has 10 heteroatoms. The number of nitrogens with one attached hydrogen (secondary N) is 1. The van der Waals surface area contributed by atoms with Crippen molar-refractivity contribution in [2.24, 2.45) is 0 Å². The van der Waals surface area contributed by atoms with E-state index in [4.69, 9.17) is 4.74 Å². The minimum Gasteiger partial charge on any atom is -0.367 e. The smallest absolute Gasteiger partial charge is 0.367 e. The molecular formula is C16H15F3N4O2S. The lowest BCUT2D eigenvalue weighted by atomic mass is 9.94. The van der Waals surface area contributed by atoms with Crippen molar-refractivity contribution in [2.75, 3.05) is 25.0 Å². The van der Waals surface area contributed by atoms with Gasteiger partial charge in [0.05, 0.1) is 13.2 Å². The van der Waals surface area contributed by atoms with Gasteiger partial charge in [-0.2, -0.15) is 13.2 Å². The van der Waals surface area contributed by atoms with Gasteiger partial charge >= 0.3 is 12.2 Å². The molecule has 0 radical (unpaired) electrons. The molecule has 2 aromatic rings. The van der Waals surface area contributed by atoms with Gasteiger partial charge in [-0.05, 0) is 24.0 Å². The van der Waals surface area contributed by atoms with Crippen LogP contribution >= 0.6 is 11.3 Å². The molecule has 26 heavy (non-hydrogen) atoms. The molecule has 1 aliphatic heterocycles. The zero-order valence-corrected chi connectivity index (χ0v) is 14.4. The monoisotopic (exact) mass is 384 g/mol. The summed E-state index contributed by atoms with van der Waals surface area (Å²) in [4.78, 5) is 14.1. The molecule has 2 heterocycles. The number of anilines is 1. The first-order valence-corrected chi connectivity index (χ1v) is 8.88. The lowest BCUT2D eigenvalue weighted by Gasteiger charge is -2.41. The average molecular weight is 384 g/mol. The van der Waals surface area contributed by atoms with Crippen molar-refractivity contribution in [3.8, 4) is 0 Å². The molecule has 2 aliphatic rings. The Labute approximate surface area is 151 Å². The molecular weight excluding hydrogens is 369 g/mol. The van der Waals surface area contributed by atoms with Gasteiger partial charge in [-0.3, -0.25) is 5.32 Å². The Morgan fingerprint density at radius 3 is 2.88 bits per heavy atom. The van der Waals surface area contributed by atoms with E-state index >= 15 is 0 Å². The number of aryl methyl sites for hydroxylation is 1. The van der Waals surface area contributed by atoms with Crippen LogP contribution in [0.1, 0.15) is 22.6 Å². The van der Waals surface area contributed by atoms with E-state index in [2.05, 4.69) is 15.5 Å². The molecule has 1 saturated heterocycles. The second-order valence-corrected chi connectivity index (χ2v) is 7.24. The van der Waals surface area contributed by atoms with E-state index in [1.165, 1.54) is 5.56 Å². The van der Waals surface area contributed by atoms with Crippen molar-refractivity contribution < 1.29 is 22.7 Å². The highest BCUT2D eigenvalue weighted by atomic mass is 32.1. The first kappa shape index (κ1) is 17.2. The predicted molar refractivity (Wildman–Crippen MR) is 87.9 cm³/mol. The Bertz CT molecular complexity index is 837. The van der Waals surface area contributed by atoms with Crippen LogP contribution in [0.4, 0.5) is 23.1 Å². The summed E-state index contributed by atoms with van der Waals surface area (Å²) in [7, 11) is 0. The Hall–Kier alpha value is -2.20. The van der Waals surface area contributed by atoms with Gasteiger partial charge in [0.15, 0.2) is 0 Å². The molecule has 1 atom stereocenters. The molecule has 1 N–H and O–H groups in total. The number of hydrogen-bond acceptors (Lipinski definition) is 5. The highest BCUT2D eigenvalue weighted by Crippen LogP contribution is 2.42. The molecule has 1 aromatic carbocycles. The number of carbonyl (C=O) groups is 1. The molecule has 1 unspecified atom stereocenters. The van der Waals surface area contributed by atoms with Crippen LogP contribution in [0.3, 0.4) is 0 Å². The minimum atomic E-state index is -4.57. The molecule has 2 amide bonds. The maximum Gasteiger partial charge on any atom is 0.445 e. The SMILES string of the molecule is O=C(Nc1nnc(C(F)(F)F)s1)N1CCOC2(CCc3ccccc32)C1. The van der Waals surface area contributed by atoms with Crippen LogP contribution in [0, 0.1) is 0 Å². The highest BCUT2D eigenvalue weighted by Gasteiger charge is 2.44. The molecule has 4 rings (SSSR count). The zero-order valence-electron chi connectivity index (χ0n) is 13.5. The molecule has 1 aliphatic carbocycles. The van der Waals surface area contributed by atoms with Gasteiger partial charge in [-0.1, -0.05) is 35.6 Å². The Morgan fingerprint density at radius 2 is 2.12 bits per heavy atom. The van der Waals surface area contributed by atoms with Crippen LogP contribution in [0.5, 0.6) is 0 Å². The summed E-state index contributed by atoms with van der Waals surface area (Å²) in [6.07, 6.45) is -2.93. The molecule has 1 fully saturated rings. The van der Waals surface area contributed by atoms with Gasteiger partial charge in [0, 0.05) is 6.54 Å². The number of ether oxygens (including phenoxy) is 1. The van der Waals surface area contributed by atoms with Crippen LogP contribution in [0.2, 0.25) is 0 Å². The normalized spacial score (nSPS) is 22.5. The Balaban J connectivity index is 1.48. The maximum atomic E-state index is 12.6. The molecule has 1 spiro atoms. The number of halogens is 3. The lowest BCUT2D eigenvalue weighted by Crippen LogP contribution is -2.52. The zero-order chi connectivity index (χ0) is 18.4. The lowest BCUT2D eigenvalue weighted by molar-refractivity contribution is -0.138. The highest BCUT2D eigenvalue weighted by molar-refractivity contribution is 7.15. The largest absolute Gasteiger partial charge is 0.445 e. The topological polar surface area (TPSA) is 67.4 Å². The summed E-state index contributed by atoms with van der Waals surface area (Å²) in [6, 6.07) is 7.46. The van der Waals surface area contributed by atoms with E-state index in [-0.39, 0.29) is 5.13 Å². The van der Waals surface area contributed by atoms with Crippen LogP contribution < -0.4 is 5.32 Å². The number of rotatable bonds is 1.